The normalized spacial score (nSPS) is 19.0. The molecule has 0 amide bonds. The lowest BCUT2D eigenvalue weighted by Crippen LogP contribution is -2.23. The molecule has 3 N–H and O–H groups in total. The Bertz CT molecular complexity index is 314. The standard InChI is InChI=1S/C11H18N4/c1-11(4-2-3-5-11)8-15-10-7-13-9(12)6-14-10/h6-7H,2-5,8H2,1H3,(H2,12,13)(H,14,15). The zero-order chi connectivity index (χ0) is 10.7. The Balaban J connectivity index is 1.90. The summed E-state index contributed by atoms with van der Waals surface area (Å²) < 4.78 is 0. The summed E-state index contributed by atoms with van der Waals surface area (Å²) in [5, 5.41) is 3.33. The Labute approximate surface area is 90.3 Å². The number of nitrogen functional groups attached to an aromatic ring is 1. The van der Waals surface area contributed by atoms with E-state index in [1.807, 2.05) is 0 Å². The van der Waals surface area contributed by atoms with Gasteiger partial charge >= 0.3 is 0 Å². The van der Waals surface area contributed by atoms with Crippen LogP contribution in [0, 0.1) is 5.41 Å². The van der Waals surface area contributed by atoms with Crippen LogP contribution in [-0.4, -0.2) is 16.5 Å². The van der Waals surface area contributed by atoms with E-state index >= 15 is 0 Å². The van der Waals surface area contributed by atoms with E-state index in [0.717, 1.165) is 12.4 Å². The molecule has 0 bridgehead atoms. The number of hydrogen-bond donors (Lipinski definition) is 2. The van der Waals surface area contributed by atoms with Crippen LogP contribution in [0.4, 0.5) is 11.6 Å². The Hall–Kier alpha value is -1.32. The average Bonchev–Trinajstić information content (AvgIpc) is 2.65. The molecule has 0 atom stereocenters. The number of nitrogens with one attached hydrogen (secondary N) is 1. The van der Waals surface area contributed by atoms with Crippen LogP contribution in [0.25, 0.3) is 0 Å². The summed E-state index contributed by atoms with van der Waals surface area (Å²) in [7, 11) is 0. The first-order valence-corrected chi connectivity index (χ1v) is 5.49. The van der Waals surface area contributed by atoms with Gasteiger partial charge in [-0.25, -0.2) is 9.97 Å². The molecule has 1 saturated carbocycles. The molecule has 0 aromatic carbocycles. The second kappa shape index (κ2) is 4.04. The van der Waals surface area contributed by atoms with E-state index in [0.29, 0.717) is 11.2 Å². The van der Waals surface area contributed by atoms with Gasteiger partial charge in [-0.15, -0.1) is 0 Å². The molecule has 4 heteroatoms. The first-order chi connectivity index (χ1) is 7.18. The molecular formula is C11H18N4. The van der Waals surface area contributed by atoms with Gasteiger partial charge in [-0.3, -0.25) is 0 Å². The molecule has 1 fully saturated rings. The maximum absolute atomic E-state index is 5.47. The zero-order valence-electron chi connectivity index (χ0n) is 9.16. The smallest absolute Gasteiger partial charge is 0.144 e. The number of anilines is 2. The van der Waals surface area contributed by atoms with Crippen LogP contribution < -0.4 is 11.1 Å². The van der Waals surface area contributed by atoms with Crippen molar-refractivity contribution < 1.29 is 0 Å². The molecule has 82 valence electrons. The van der Waals surface area contributed by atoms with Crippen molar-refractivity contribution in [3.63, 3.8) is 0 Å². The van der Waals surface area contributed by atoms with Crippen molar-refractivity contribution in [1.29, 1.82) is 0 Å². The first kappa shape index (κ1) is 10.2. The first-order valence-electron chi connectivity index (χ1n) is 5.49. The Morgan fingerprint density at radius 2 is 2.07 bits per heavy atom. The lowest BCUT2D eigenvalue weighted by molar-refractivity contribution is 0.361. The summed E-state index contributed by atoms with van der Waals surface area (Å²) in [6.45, 7) is 3.31. The molecule has 1 aliphatic carbocycles. The third-order valence-corrected chi connectivity index (χ3v) is 3.18. The fourth-order valence-corrected chi connectivity index (χ4v) is 2.14. The van der Waals surface area contributed by atoms with Crippen LogP contribution in [0.1, 0.15) is 32.6 Å². The van der Waals surface area contributed by atoms with Crippen LogP contribution in [-0.2, 0) is 0 Å². The van der Waals surface area contributed by atoms with Gasteiger partial charge in [0.2, 0.25) is 0 Å². The van der Waals surface area contributed by atoms with E-state index in [1.165, 1.54) is 25.7 Å². The van der Waals surface area contributed by atoms with E-state index in [4.69, 9.17) is 5.73 Å². The Morgan fingerprint density at radius 3 is 2.67 bits per heavy atom. The van der Waals surface area contributed by atoms with Gasteiger partial charge in [-0.2, -0.15) is 0 Å². The molecule has 15 heavy (non-hydrogen) atoms. The van der Waals surface area contributed by atoms with Gasteiger partial charge in [0.05, 0.1) is 12.4 Å². The van der Waals surface area contributed by atoms with E-state index in [2.05, 4.69) is 22.2 Å². The fourth-order valence-electron chi connectivity index (χ4n) is 2.14. The minimum Gasteiger partial charge on any atom is -0.382 e. The number of aromatic nitrogens is 2. The number of hydrogen-bond acceptors (Lipinski definition) is 4. The SMILES string of the molecule is CC1(CNc2cnc(N)cn2)CCCC1. The van der Waals surface area contributed by atoms with Crippen molar-refractivity contribution in [3.8, 4) is 0 Å². The summed E-state index contributed by atoms with van der Waals surface area (Å²) in [5.74, 6) is 1.28. The van der Waals surface area contributed by atoms with Gasteiger partial charge in [-0.05, 0) is 18.3 Å². The minimum atomic E-state index is 0.434. The van der Waals surface area contributed by atoms with Crippen LogP contribution in [0.3, 0.4) is 0 Å². The highest BCUT2D eigenvalue weighted by atomic mass is 15.0. The highest BCUT2D eigenvalue weighted by Gasteiger charge is 2.28. The Morgan fingerprint density at radius 1 is 1.33 bits per heavy atom. The molecule has 0 spiro atoms. The van der Waals surface area contributed by atoms with Gasteiger partial charge in [0.15, 0.2) is 0 Å². The van der Waals surface area contributed by atoms with Crippen molar-refractivity contribution in [2.45, 2.75) is 32.6 Å². The van der Waals surface area contributed by atoms with E-state index in [1.54, 1.807) is 12.4 Å². The molecule has 1 aromatic rings. The molecule has 4 nitrogen and oxygen atoms in total. The largest absolute Gasteiger partial charge is 0.382 e. The topological polar surface area (TPSA) is 63.8 Å². The quantitative estimate of drug-likeness (QED) is 0.794. The molecule has 2 rings (SSSR count). The maximum Gasteiger partial charge on any atom is 0.144 e. The lowest BCUT2D eigenvalue weighted by atomic mass is 9.89. The summed E-state index contributed by atoms with van der Waals surface area (Å²) in [6, 6.07) is 0. The maximum atomic E-state index is 5.47. The van der Waals surface area contributed by atoms with Crippen LogP contribution in [0.2, 0.25) is 0 Å². The van der Waals surface area contributed by atoms with Crippen molar-refractivity contribution in [3.05, 3.63) is 12.4 Å². The molecule has 1 aliphatic rings. The minimum absolute atomic E-state index is 0.434. The van der Waals surface area contributed by atoms with Gasteiger partial charge in [0, 0.05) is 6.54 Å². The van der Waals surface area contributed by atoms with Crippen molar-refractivity contribution in [2.24, 2.45) is 5.41 Å². The second-order valence-electron chi connectivity index (χ2n) is 4.70. The third kappa shape index (κ3) is 2.58. The van der Waals surface area contributed by atoms with E-state index < -0.39 is 0 Å². The molecule has 0 saturated heterocycles. The summed E-state index contributed by atoms with van der Waals surface area (Å²) in [5.41, 5.74) is 5.90. The van der Waals surface area contributed by atoms with Crippen molar-refractivity contribution in [2.75, 3.05) is 17.6 Å². The number of nitrogens with zero attached hydrogens (tertiary/aromatic N) is 2. The number of nitrogens with two attached hydrogens (primary N) is 1. The Kier molecular flexibility index (Phi) is 2.75. The predicted octanol–water partition coefficient (Wildman–Crippen LogP) is 2.05. The van der Waals surface area contributed by atoms with Gasteiger partial charge < -0.3 is 11.1 Å². The highest BCUT2D eigenvalue weighted by molar-refractivity contribution is 5.36. The average molecular weight is 206 g/mol. The number of rotatable bonds is 3. The van der Waals surface area contributed by atoms with E-state index in [-0.39, 0.29) is 0 Å². The van der Waals surface area contributed by atoms with Crippen molar-refractivity contribution >= 4 is 11.6 Å². The molecule has 1 aromatic heterocycles. The zero-order valence-corrected chi connectivity index (χ0v) is 9.16. The highest BCUT2D eigenvalue weighted by Crippen LogP contribution is 2.37. The predicted molar refractivity (Wildman–Crippen MR) is 61.5 cm³/mol. The summed E-state index contributed by atoms with van der Waals surface area (Å²) in [6.07, 6.45) is 8.59. The van der Waals surface area contributed by atoms with Crippen LogP contribution in [0.15, 0.2) is 12.4 Å². The van der Waals surface area contributed by atoms with Gasteiger partial charge in [0.25, 0.3) is 0 Å². The summed E-state index contributed by atoms with van der Waals surface area (Å²) in [4.78, 5) is 8.17. The summed E-state index contributed by atoms with van der Waals surface area (Å²) >= 11 is 0. The van der Waals surface area contributed by atoms with Gasteiger partial charge in [-0.1, -0.05) is 19.8 Å². The third-order valence-electron chi connectivity index (χ3n) is 3.18. The monoisotopic (exact) mass is 206 g/mol. The second-order valence-corrected chi connectivity index (χ2v) is 4.70. The molecule has 1 heterocycles. The van der Waals surface area contributed by atoms with Gasteiger partial charge in [0.1, 0.15) is 11.6 Å². The molecule has 0 aliphatic heterocycles. The van der Waals surface area contributed by atoms with Crippen LogP contribution >= 0.6 is 0 Å². The van der Waals surface area contributed by atoms with Crippen LogP contribution in [0.5, 0.6) is 0 Å². The molecule has 0 radical (unpaired) electrons. The van der Waals surface area contributed by atoms with Crippen molar-refractivity contribution in [1.82, 2.24) is 9.97 Å². The lowest BCUT2D eigenvalue weighted by Gasteiger charge is -2.23. The van der Waals surface area contributed by atoms with E-state index in [9.17, 15) is 0 Å². The molecule has 0 unspecified atom stereocenters. The molecular weight excluding hydrogens is 188 g/mol. The fraction of sp³-hybridized carbons (Fsp3) is 0.636.